The van der Waals surface area contributed by atoms with E-state index in [0.29, 0.717) is 5.89 Å². The SMILES string of the molecule is Cc1coc(-c2ccc3c(c2)CCN3)n1. The lowest BCUT2D eigenvalue weighted by Gasteiger charge is -2.00. The molecule has 1 aromatic heterocycles. The van der Waals surface area contributed by atoms with Gasteiger partial charge in [0, 0.05) is 17.8 Å². The maximum absolute atomic E-state index is 5.38. The predicted molar refractivity (Wildman–Crippen MR) is 58.9 cm³/mol. The van der Waals surface area contributed by atoms with Crippen LogP contribution in [0.1, 0.15) is 11.3 Å². The van der Waals surface area contributed by atoms with E-state index in [9.17, 15) is 0 Å². The van der Waals surface area contributed by atoms with Gasteiger partial charge < -0.3 is 9.73 Å². The molecule has 3 rings (SSSR count). The number of hydrogen-bond donors (Lipinski definition) is 1. The molecule has 0 saturated heterocycles. The standard InChI is InChI=1S/C12H12N2O/c1-8-7-15-12(14-8)10-2-3-11-9(6-10)4-5-13-11/h2-3,6-7,13H,4-5H2,1H3. The fourth-order valence-electron chi connectivity index (χ4n) is 1.92. The second kappa shape index (κ2) is 3.12. The van der Waals surface area contributed by atoms with Crippen LogP contribution in [0.3, 0.4) is 0 Å². The minimum absolute atomic E-state index is 0.710. The number of rotatable bonds is 1. The number of anilines is 1. The van der Waals surface area contributed by atoms with Crippen LogP contribution in [0.15, 0.2) is 28.9 Å². The second-order valence-corrected chi connectivity index (χ2v) is 3.84. The Morgan fingerprint density at radius 2 is 2.33 bits per heavy atom. The van der Waals surface area contributed by atoms with Crippen molar-refractivity contribution in [1.29, 1.82) is 0 Å². The number of nitrogens with zero attached hydrogens (tertiary/aromatic N) is 1. The number of nitrogens with one attached hydrogen (secondary N) is 1. The number of benzene rings is 1. The summed E-state index contributed by atoms with van der Waals surface area (Å²) in [5, 5.41) is 3.33. The molecule has 1 N–H and O–H groups in total. The first-order chi connectivity index (χ1) is 7.33. The quantitative estimate of drug-likeness (QED) is 0.769. The number of hydrogen-bond acceptors (Lipinski definition) is 3. The first-order valence-corrected chi connectivity index (χ1v) is 5.12. The van der Waals surface area contributed by atoms with E-state index < -0.39 is 0 Å². The number of fused-ring (bicyclic) bond motifs is 1. The van der Waals surface area contributed by atoms with Crippen LogP contribution in [0.25, 0.3) is 11.5 Å². The fourth-order valence-corrected chi connectivity index (χ4v) is 1.92. The second-order valence-electron chi connectivity index (χ2n) is 3.84. The van der Waals surface area contributed by atoms with Gasteiger partial charge in [0.05, 0.1) is 5.69 Å². The maximum Gasteiger partial charge on any atom is 0.226 e. The summed E-state index contributed by atoms with van der Waals surface area (Å²) in [4.78, 5) is 4.32. The molecular formula is C12H12N2O. The summed E-state index contributed by atoms with van der Waals surface area (Å²) in [6.45, 7) is 2.96. The summed E-state index contributed by atoms with van der Waals surface area (Å²) in [6, 6.07) is 6.29. The number of aryl methyl sites for hydroxylation is 1. The van der Waals surface area contributed by atoms with Gasteiger partial charge in [-0.25, -0.2) is 4.98 Å². The minimum Gasteiger partial charge on any atom is -0.444 e. The topological polar surface area (TPSA) is 38.1 Å². The number of oxazole rings is 1. The molecule has 3 nitrogen and oxygen atoms in total. The van der Waals surface area contributed by atoms with E-state index in [0.717, 1.165) is 24.2 Å². The highest BCUT2D eigenvalue weighted by Crippen LogP contribution is 2.27. The Kier molecular flexibility index (Phi) is 1.78. The van der Waals surface area contributed by atoms with E-state index in [1.54, 1.807) is 6.26 Å². The molecule has 0 atom stereocenters. The fraction of sp³-hybridized carbons (Fsp3) is 0.250. The van der Waals surface area contributed by atoms with Crippen molar-refractivity contribution in [3.8, 4) is 11.5 Å². The Hall–Kier alpha value is -1.77. The average Bonchev–Trinajstić information content (AvgIpc) is 2.84. The molecule has 0 fully saturated rings. The summed E-state index contributed by atoms with van der Waals surface area (Å²) in [6.07, 6.45) is 2.77. The summed E-state index contributed by atoms with van der Waals surface area (Å²) in [5.41, 5.74) is 4.57. The zero-order valence-electron chi connectivity index (χ0n) is 8.58. The third-order valence-electron chi connectivity index (χ3n) is 2.68. The van der Waals surface area contributed by atoms with E-state index in [4.69, 9.17) is 4.42 Å². The Morgan fingerprint density at radius 3 is 3.13 bits per heavy atom. The van der Waals surface area contributed by atoms with Gasteiger partial charge in [0.2, 0.25) is 5.89 Å². The Bertz CT molecular complexity index is 502. The van der Waals surface area contributed by atoms with Crippen LogP contribution in [-0.4, -0.2) is 11.5 Å². The highest BCUT2D eigenvalue weighted by Gasteiger charge is 2.12. The van der Waals surface area contributed by atoms with Gasteiger partial charge in [-0.05, 0) is 37.1 Å². The lowest BCUT2D eigenvalue weighted by atomic mass is 10.1. The molecule has 76 valence electrons. The van der Waals surface area contributed by atoms with Crippen molar-refractivity contribution < 1.29 is 4.42 Å². The van der Waals surface area contributed by atoms with Crippen LogP contribution in [-0.2, 0) is 6.42 Å². The van der Waals surface area contributed by atoms with Crippen molar-refractivity contribution in [3.05, 3.63) is 35.7 Å². The highest BCUT2D eigenvalue weighted by atomic mass is 16.3. The van der Waals surface area contributed by atoms with Crippen LogP contribution < -0.4 is 5.32 Å². The van der Waals surface area contributed by atoms with Crippen LogP contribution in [0.5, 0.6) is 0 Å². The summed E-state index contributed by atoms with van der Waals surface area (Å²) < 4.78 is 5.38. The predicted octanol–water partition coefficient (Wildman–Crippen LogP) is 2.62. The lowest BCUT2D eigenvalue weighted by molar-refractivity contribution is 0.573. The van der Waals surface area contributed by atoms with Gasteiger partial charge in [0.15, 0.2) is 0 Å². The van der Waals surface area contributed by atoms with Gasteiger partial charge in [0.25, 0.3) is 0 Å². The van der Waals surface area contributed by atoms with Gasteiger partial charge in [-0.15, -0.1) is 0 Å². The van der Waals surface area contributed by atoms with E-state index >= 15 is 0 Å². The molecule has 1 aliphatic rings. The molecule has 0 spiro atoms. The van der Waals surface area contributed by atoms with E-state index in [-0.39, 0.29) is 0 Å². The molecule has 15 heavy (non-hydrogen) atoms. The Morgan fingerprint density at radius 1 is 1.40 bits per heavy atom. The monoisotopic (exact) mass is 200 g/mol. The van der Waals surface area contributed by atoms with Gasteiger partial charge in [0.1, 0.15) is 6.26 Å². The molecule has 3 heteroatoms. The van der Waals surface area contributed by atoms with Gasteiger partial charge in [-0.1, -0.05) is 0 Å². The van der Waals surface area contributed by atoms with Crippen molar-refractivity contribution in [3.63, 3.8) is 0 Å². The average molecular weight is 200 g/mol. The molecule has 0 radical (unpaired) electrons. The summed E-state index contributed by atoms with van der Waals surface area (Å²) >= 11 is 0. The first kappa shape index (κ1) is 8.53. The molecule has 0 bridgehead atoms. The van der Waals surface area contributed by atoms with E-state index in [1.165, 1.54) is 11.3 Å². The smallest absolute Gasteiger partial charge is 0.226 e. The number of aromatic nitrogens is 1. The van der Waals surface area contributed by atoms with Crippen molar-refractivity contribution in [2.45, 2.75) is 13.3 Å². The molecule has 2 heterocycles. The largest absolute Gasteiger partial charge is 0.444 e. The molecule has 0 saturated carbocycles. The van der Waals surface area contributed by atoms with Crippen LogP contribution in [0, 0.1) is 6.92 Å². The molecule has 0 unspecified atom stereocenters. The summed E-state index contributed by atoms with van der Waals surface area (Å²) in [7, 11) is 0. The van der Waals surface area contributed by atoms with Crippen molar-refractivity contribution >= 4 is 5.69 Å². The molecule has 0 amide bonds. The Balaban J connectivity index is 2.06. The van der Waals surface area contributed by atoms with Crippen molar-refractivity contribution in [2.75, 3.05) is 11.9 Å². The van der Waals surface area contributed by atoms with Crippen molar-refractivity contribution in [1.82, 2.24) is 4.98 Å². The molecule has 1 aromatic carbocycles. The molecule has 0 aliphatic carbocycles. The normalized spacial score (nSPS) is 13.7. The van der Waals surface area contributed by atoms with Gasteiger partial charge in [-0.3, -0.25) is 0 Å². The molecule has 1 aliphatic heterocycles. The molecular weight excluding hydrogens is 188 g/mol. The minimum atomic E-state index is 0.710. The van der Waals surface area contributed by atoms with Gasteiger partial charge >= 0.3 is 0 Å². The first-order valence-electron chi connectivity index (χ1n) is 5.12. The van der Waals surface area contributed by atoms with E-state index in [1.807, 2.05) is 13.0 Å². The lowest BCUT2D eigenvalue weighted by Crippen LogP contribution is -1.90. The zero-order chi connectivity index (χ0) is 10.3. The zero-order valence-corrected chi connectivity index (χ0v) is 8.58. The Labute approximate surface area is 88.1 Å². The highest BCUT2D eigenvalue weighted by molar-refractivity contribution is 5.65. The van der Waals surface area contributed by atoms with E-state index in [2.05, 4.69) is 22.4 Å². The summed E-state index contributed by atoms with van der Waals surface area (Å²) in [5.74, 6) is 0.710. The van der Waals surface area contributed by atoms with Gasteiger partial charge in [-0.2, -0.15) is 0 Å². The van der Waals surface area contributed by atoms with Crippen molar-refractivity contribution in [2.24, 2.45) is 0 Å². The third-order valence-corrected chi connectivity index (χ3v) is 2.68. The molecule has 2 aromatic rings. The van der Waals surface area contributed by atoms with Crippen LogP contribution in [0.4, 0.5) is 5.69 Å². The maximum atomic E-state index is 5.38. The van der Waals surface area contributed by atoms with Crippen LogP contribution in [0.2, 0.25) is 0 Å². The third kappa shape index (κ3) is 1.40. The van der Waals surface area contributed by atoms with Crippen LogP contribution >= 0.6 is 0 Å².